The van der Waals surface area contributed by atoms with E-state index in [4.69, 9.17) is 22.0 Å². The Balaban J connectivity index is 2.08. The van der Waals surface area contributed by atoms with E-state index in [9.17, 15) is 0 Å². The first-order valence-electron chi connectivity index (χ1n) is 4.42. The molecule has 0 aromatic carbocycles. The maximum atomic E-state index is 5.89. The quantitative estimate of drug-likeness (QED) is 0.542. The number of nitrogen functional groups attached to an aromatic ring is 1. The lowest BCUT2D eigenvalue weighted by molar-refractivity contribution is 0.388. The van der Waals surface area contributed by atoms with Gasteiger partial charge in [0.25, 0.3) is 0 Å². The van der Waals surface area contributed by atoms with Crippen molar-refractivity contribution in [3.8, 4) is 0 Å². The van der Waals surface area contributed by atoms with Crippen molar-refractivity contribution in [3.05, 3.63) is 29.2 Å². The molecule has 16 heavy (non-hydrogen) atoms. The van der Waals surface area contributed by atoms with Crippen LogP contribution in [0.15, 0.2) is 23.0 Å². The van der Waals surface area contributed by atoms with E-state index < -0.39 is 0 Å². The number of nitrogens with zero attached hydrogens (tertiary/aromatic N) is 3. The molecule has 0 spiro atoms. The molecule has 0 amide bonds. The van der Waals surface area contributed by atoms with Crippen LogP contribution in [0, 0.1) is 0 Å². The summed E-state index contributed by atoms with van der Waals surface area (Å²) in [5.41, 5.74) is 2.33. The third-order valence-electron chi connectivity index (χ3n) is 1.79. The molecule has 0 atom stereocenters. The van der Waals surface area contributed by atoms with Gasteiger partial charge in [-0.15, -0.1) is 0 Å². The second-order valence-electron chi connectivity index (χ2n) is 2.87. The molecule has 84 valence electrons. The third-order valence-corrected chi connectivity index (χ3v) is 2.07. The minimum atomic E-state index is 0.282. The normalized spacial score (nSPS) is 10.1. The smallest absolute Gasteiger partial charge is 0.239 e. The summed E-state index contributed by atoms with van der Waals surface area (Å²) in [7, 11) is 0. The second-order valence-corrected chi connectivity index (χ2v) is 3.27. The molecule has 2 heterocycles. The average molecular weight is 241 g/mol. The van der Waals surface area contributed by atoms with Crippen molar-refractivity contribution in [2.45, 2.75) is 6.54 Å². The van der Waals surface area contributed by atoms with E-state index in [-0.39, 0.29) is 5.95 Å². The molecule has 2 aromatic heterocycles. The Hall–Kier alpha value is -1.86. The first-order chi connectivity index (χ1) is 7.79. The van der Waals surface area contributed by atoms with Gasteiger partial charge in [0.15, 0.2) is 11.6 Å². The van der Waals surface area contributed by atoms with Gasteiger partial charge in [-0.1, -0.05) is 16.8 Å². The van der Waals surface area contributed by atoms with Crippen LogP contribution in [0.5, 0.6) is 0 Å². The number of nitrogens with one attached hydrogen (secondary N) is 2. The summed E-state index contributed by atoms with van der Waals surface area (Å²) < 4.78 is 4.91. The number of rotatable bonds is 4. The Morgan fingerprint density at radius 3 is 3.06 bits per heavy atom. The maximum Gasteiger partial charge on any atom is 0.239 e. The maximum absolute atomic E-state index is 5.89. The highest BCUT2D eigenvalue weighted by Crippen LogP contribution is 2.19. The van der Waals surface area contributed by atoms with E-state index in [0.717, 1.165) is 0 Å². The Labute approximate surface area is 96.0 Å². The van der Waals surface area contributed by atoms with Crippen LogP contribution in [-0.4, -0.2) is 15.1 Å². The fourth-order valence-corrected chi connectivity index (χ4v) is 1.22. The summed E-state index contributed by atoms with van der Waals surface area (Å²) in [4.78, 5) is 7.89. The first-order valence-corrected chi connectivity index (χ1v) is 4.80. The third kappa shape index (κ3) is 2.38. The van der Waals surface area contributed by atoms with Gasteiger partial charge in [0.2, 0.25) is 5.95 Å². The summed E-state index contributed by atoms with van der Waals surface area (Å²) in [5.74, 6) is 6.62. The van der Waals surface area contributed by atoms with Crippen molar-refractivity contribution >= 4 is 23.4 Å². The molecule has 8 heteroatoms. The number of aromatic nitrogens is 3. The topological polar surface area (TPSA) is 102 Å². The number of hydrazine groups is 1. The molecule has 0 aliphatic rings. The molecule has 4 N–H and O–H groups in total. The van der Waals surface area contributed by atoms with E-state index in [1.165, 1.54) is 6.20 Å². The van der Waals surface area contributed by atoms with Crippen molar-refractivity contribution < 1.29 is 4.52 Å². The van der Waals surface area contributed by atoms with Gasteiger partial charge in [0.05, 0.1) is 18.9 Å². The Kier molecular flexibility index (Phi) is 3.18. The van der Waals surface area contributed by atoms with Crippen molar-refractivity contribution in [3.63, 3.8) is 0 Å². The molecular formula is C8H9ClN6O. The van der Waals surface area contributed by atoms with Gasteiger partial charge < -0.3 is 9.84 Å². The number of anilines is 2. The monoisotopic (exact) mass is 240 g/mol. The largest absolute Gasteiger partial charge is 0.361 e. The molecule has 7 nitrogen and oxygen atoms in total. The fraction of sp³-hybridized carbons (Fsp3) is 0.125. The van der Waals surface area contributed by atoms with Gasteiger partial charge in [-0.2, -0.15) is 4.98 Å². The molecule has 0 aliphatic heterocycles. The second kappa shape index (κ2) is 4.77. The van der Waals surface area contributed by atoms with Crippen LogP contribution in [0.4, 0.5) is 11.8 Å². The lowest BCUT2D eigenvalue weighted by atomic mass is 10.4. The van der Waals surface area contributed by atoms with Gasteiger partial charge in [0.1, 0.15) is 5.02 Å². The molecule has 0 unspecified atom stereocenters. The zero-order chi connectivity index (χ0) is 11.4. The average Bonchev–Trinajstić information content (AvgIpc) is 2.81. The fourth-order valence-electron chi connectivity index (χ4n) is 1.06. The molecule has 0 radical (unpaired) electrons. The van der Waals surface area contributed by atoms with Crippen molar-refractivity contribution in [1.82, 2.24) is 15.1 Å². The molecular weight excluding hydrogens is 232 g/mol. The van der Waals surface area contributed by atoms with Gasteiger partial charge in [-0.05, 0) is 0 Å². The number of hydrogen-bond acceptors (Lipinski definition) is 7. The standard InChI is InChI=1S/C8H9ClN6O/c9-6-4-12-8(15-10)14-7(6)11-3-5-1-2-13-16-5/h1-2,4H,3,10H2,(H2,11,12,14,15). The van der Waals surface area contributed by atoms with E-state index in [0.29, 0.717) is 23.1 Å². The van der Waals surface area contributed by atoms with E-state index in [1.807, 2.05) is 0 Å². The van der Waals surface area contributed by atoms with Crippen LogP contribution < -0.4 is 16.6 Å². The van der Waals surface area contributed by atoms with Crippen LogP contribution in [-0.2, 0) is 6.54 Å². The summed E-state index contributed by atoms with van der Waals surface area (Å²) in [6.07, 6.45) is 3.01. The van der Waals surface area contributed by atoms with Gasteiger partial charge in [-0.25, -0.2) is 10.8 Å². The Bertz CT molecular complexity index is 460. The molecule has 0 bridgehead atoms. The number of nitrogens with two attached hydrogens (primary N) is 1. The molecule has 0 aliphatic carbocycles. The van der Waals surface area contributed by atoms with E-state index >= 15 is 0 Å². The van der Waals surface area contributed by atoms with E-state index in [1.54, 1.807) is 12.3 Å². The van der Waals surface area contributed by atoms with Crippen LogP contribution in [0.25, 0.3) is 0 Å². The minimum absolute atomic E-state index is 0.282. The van der Waals surface area contributed by atoms with Crippen molar-refractivity contribution in [2.24, 2.45) is 5.84 Å². The summed E-state index contributed by atoms with van der Waals surface area (Å²) in [5, 5.41) is 6.96. The zero-order valence-corrected chi connectivity index (χ0v) is 8.90. The van der Waals surface area contributed by atoms with Crippen LogP contribution in [0.3, 0.4) is 0 Å². The van der Waals surface area contributed by atoms with Crippen molar-refractivity contribution in [1.29, 1.82) is 0 Å². The summed E-state index contributed by atoms with van der Waals surface area (Å²) in [6.45, 7) is 0.431. The van der Waals surface area contributed by atoms with E-state index in [2.05, 4.69) is 25.9 Å². The molecule has 0 fully saturated rings. The van der Waals surface area contributed by atoms with Crippen LogP contribution >= 0.6 is 11.6 Å². The highest BCUT2D eigenvalue weighted by molar-refractivity contribution is 6.32. The SMILES string of the molecule is NNc1ncc(Cl)c(NCc2ccno2)n1. The van der Waals surface area contributed by atoms with Crippen molar-refractivity contribution in [2.75, 3.05) is 10.7 Å². The lowest BCUT2D eigenvalue weighted by Crippen LogP contribution is -2.12. The number of halogens is 1. The van der Waals surface area contributed by atoms with Gasteiger partial charge in [0, 0.05) is 6.07 Å². The summed E-state index contributed by atoms with van der Waals surface area (Å²) in [6, 6.07) is 1.74. The lowest BCUT2D eigenvalue weighted by Gasteiger charge is -2.06. The highest BCUT2D eigenvalue weighted by Gasteiger charge is 2.05. The number of hydrogen-bond donors (Lipinski definition) is 3. The van der Waals surface area contributed by atoms with Gasteiger partial charge >= 0.3 is 0 Å². The zero-order valence-electron chi connectivity index (χ0n) is 8.14. The molecule has 2 aromatic rings. The van der Waals surface area contributed by atoms with Gasteiger partial charge in [-0.3, -0.25) is 5.43 Å². The summed E-state index contributed by atoms with van der Waals surface area (Å²) >= 11 is 5.89. The molecule has 0 saturated heterocycles. The predicted octanol–water partition coefficient (Wildman–Crippen LogP) is 1.02. The highest BCUT2D eigenvalue weighted by atomic mass is 35.5. The first kappa shape index (κ1) is 10.7. The molecule has 0 saturated carbocycles. The predicted molar refractivity (Wildman–Crippen MR) is 58.7 cm³/mol. The molecule has 2 rings (SSSR count). The Morgan fingerprint density at radius 2 is 2.38 bits per heavy atom. The van der Waals surface area contributed by atoms with Crippen LogP contribution in [0.1, 0.15) is 5.76 Å². The minimum Gasteiger partial charge on any atom is -0.361 e. The van der Waals surface area contributed by atoms with Crippen LogP contribution in [0.2, 0.25) is 5.02 Å². The Morgan fingerprint density at radius 1 is 1.50 bits per heavy atom.